The zero-order chi connectivity index (χ0) is 60.2. The molecule has 5 N–H and O–H groups in total. The van der Waals surface area contributed by atoms with E-state index in [0.717, 1.165) is 57.6 Å². The topological polar surface area (TPSA) is 109 Å². The van der Waals surface area contributed by atoms with E-state index >= 15 is 0 Å². The Balaban J connectivity index is 0.000000275. The first-order valence-electron chi connectivity index (χ1n) is 31.0. The average molecular weight is 1240 g/mol. The van der Waals surface area contributed by atoms with Gasteiger partial charge in [0.1, 0.15) is 5.60 Å². The van der Waals surface area contributed by atoms with E-state index < -0.39 is 18.8 Å². The molecule has 0 aromatic heterocycles. The molecule has 0 aliphatic carbocycles. The number of aryl methyl sites for hydroxylation is 10. The van der Waals surface area contributed by atoms with Crippen LogP contribution in [-0.2, 0) is 39.7 Å². The minimum atomic E-state index is -0.532. The highest BCUT2D eigenvalue weighted by Crippen LogP contribution is 2.40. The van der Waals surface area contributed by atoms with Crippen molar-refractivity contribution in [3.63, 3.8) is 0 Å². The Labute approximate surface area is 510 Å². The summed E-state index contributed by atoms with van der Waals surface area (Å²) in [7, 11) is -0.417. The maximum absolute atomic E-state index is 12.0. The quantitative estimate of drug-likeness (QED) is 0.0323. The Morgan fingerprint density at radius 1 is 0.481 bits per heavy atom. The summed E-state index contributed by atoms with van der Waals surface area (Å²) in [4.78, 5) is 12.0. The van der Waals surface area contributed by atoms with E-state index in [1.807, 2.05) is 74.4 Å². The maximum atomic E-state index is 12.0. The number of nitrogens with one attached hydrogen (secondary N) is 1. The van der Waals surface area contributed by atoms with Crippen molar-refractivity contribution in [2.45, 2.75) is 263 Å². The van der Waals surface area contributed by atoms with Crippen molar-refractivity contribution >= 4 is 67.6 Å². The Morgan fingerprint density at radius 2 is 0.852 bits per heavy atom. The van der Waals surface area contributed by atoms with E-state index in [0.29, 0.717) is 0 Å². The second kappa shape index (κ2) is 32.8. The van der Waals surface area contributed by atoms with E-state index in [2.05, 4.69) is 141 Å². The minimum Gasteiger partial charge on any atom is -0.444 e. The summed E-state index contributed by atoms with van der Waals surface area (Å²) in [5.74, 6) is 0. The highest BCUT2D eigenvalue weighted by molar-refractivity contribution is 9.11. The standard InChI is InChI=1S/C34H48N2.C19H30BNO4.C18H28Br2/c1-7-9-11-13-15-27-21-32(30-18-26(6)34(36)20-24(30)4)28(16-14-12-10-8-2)22-31(27)29-17-25(5)33(35)19-23(29)3;1-12-11-15(21-16(22)23-17(3,4)5)13(2)10-14(12)20-24-18(6,7)19(8,9)25-20;1-3-5-7-9-11-15-13-18(20)16(14-17(15)19)12-10-8-6-4-2/h17-22H,7-16,35-36H2,1-6H3;10-11H,1-9H3,(H,21,22);13-14H,3-12H2,1-2H3. The summed E-state index contributed by atoms with van der Waals surface area (Å²) in [6, 6.07) is 22.5. The van der Waals surface area contributed by atoms with Gasteiger partial charge in [0, 0.05) is 26.0 Å². The third kappa shape index (κ3) is 21.2. The summed E-state index contributed by atoms with van der Waals surface area (Å²) >= 11 is 7.50. The fraction of sp³-hybridized carbons (Fsp3) is 0.563. The second-order valence-corrected chi connectivity index (χ2v) is 26.9. The fourth-order valence-corrected chi connectivity index (χ4v) is 11.6. The van der Waals surface area contributed by atoms with Crippen molar-refractivity contribution in [2.75, 3.05) is 16.8 Å². The molecule has 5 aromatic rings. The van der Waals surface area contributed by atoms with Crippen molar-refractivity contribution in [2.24, 2.45) is 0 Å². The molecule has 5 aromatic carbocycles. The van der Waals surface area contributed by atoms with Crippen LogP contribution >= 0.6 is 31.9 Å². The van der Waals surface area contributed by atoms with E-state index in [9.17, 15) is 4.79 Å². The Hall–Kier alpha value is -4.09. The van der Waals surface area contributed by atoms with Crippen LogP contribution in [0.4, 0.5) is 21.9 Å². The van der Waals surface area contributed by atoms with Crippen LogP contribution in [0, 0.1) is 41.5 Å². The number of amides is 1. The lowest BCUT2D eigenvalue weighted by Crippen LogP contribution is -2.41. The summed E-state index contributed by atoms with van der Waals surface area (Å²) in [6.45, 7) is 35.3. The zero-order valence-corrected chi connectivity index (χ0v) is 56.7. The molecule has 81 heavy (non-hydrogen) atoms. The number of benzene rings is 5. The van der Waals surface area contributed by atoms with Gasteiger partial charge in [-0.2, -0.15) is 0 Å². The SMILES string of the molecule is CCCCCCc1cc(-c2cc(C)c(N)cc2C)c(CCCCCC)cc1-c1cc(C)c(N)cc1C.CCCCCCc1cc(Br)c(CCCCCC)cc1Br.Cc1cc(B2OC(C)(C)C(C)(C)O2)c(C)cc1NC(=O)OC(C)(C)C. The summed E-state index contributed by atoms with van der Waals surface area (Å²) in [6.07, 6.45) is 24.9. The van der Waals surface area contributed by atoms with Gasteiger partial charge in [-0.1, -0.05) is 155 Å². The van der Waals surface area contributed by atoms with Crippen molar-refractivity contribution in [1.82, 2.24) is 0 Å². The van der Waals surface area contributed by atoms with Gasteiger partial charge in [-0.3, -0.25) is 5.32 Å². The van der Waals surface area contributed by atoms with Crippen LogP contribution in [0.5, 0.6) is 0 Å². The number of anilines is 3. The molecule has 10 heteroatoms. The van der Waals surface area contributed by atoms with Gasteiger partial charge in [-0.15, -0.1) is 0 Å². The van der Waals surface area contributed by atoms with Gasteiger partial charge in [0.15, 0.2) is 0 Å². The Kier molecular flexibility index (Phi) is 28.1. The lowest BCUT2D eigenvalue weighted by molar-refractivity contribution is 0.00578. The third-order valence-corrected chi connectivity index (χ3v) is 17.8. The van der Waals surface area contributed by atoms with Gasteiger partial charge in [0.25, 0.3) is 0 Å². The molecule has 1 aliphatic rings. The van der Waals surface area contributed by atoms with Gasteiger partial charge in [-0.05, 0) is 267 Å². The predicted molar refractivity (Wildman–Crippen MR) is 360 cm³/mol. The number of hydrogen-bond acceptors (Lipinski definition) is 6. The van der Waals surface area contributed by atoms with Crippen LogP contribution in [0.2, 0.25) is 0 Å². The second-order valence-electron chi connectivity index (χ2n) is 25.2. The number of carbonyl (C=O) groups excluding carboxylic acids is 1. The highest BCUT2D eigenvalue weighted by atomic mass is 79.9. The van der Waals surface area contributed by atoms with Crippen molar-refractivity contribution in [3.8, 4) is 22.3 Å². The van der Waals surface area contributed by atoms with Crippen LogP contribution < -0.4 is 22.2 Å². The molecule has 0 unspecified atom stereocenters. The Bertz CT molecular complexity index is 2670. The van der Waals surface area contributed by atoms with Crippen LogP contribution in [0.3, 0.4) is 0 Å². The summed E-state index contributed by atoms with van der Waals surface area (Å²) in [5.41, 5.74) is 32.8. The van der Waals surface area contributed by atoms with Gasteiger partial charge < -0.3 is 25.5 Å². The van der Waals surface area contributed by atoms with Crippen molar-refractivity contribution in [3.05, 3.63) is 125 Å². The molecule has 446 valence electrons. The summed E-state index contributed by atoms with van der Waals surface area (Å²) < 4.78 is 20.2. The lowest BCUT2D eigenvalue weighted by atomic mass is 9.75. The van der Waals surface area contributed by atoms with Crippen LogP contribution in [0.15, 0.2) is 69.6 Å². The molecule has 1 aliphatic heterocycles. The number of carbonyl (C=O) groups is 1. The van der Waals surface area contributed by atoms with Crippen LogP contribution in [0.1, 0.15) is 235 Å². The zero-order valence-electron chi connectivity index (χ0n) is 53.5. The molecule has 0 radical (unpaired) electrons. The molecule has 0 saturated carbocycles. The van der Waals surface area contributed by atoms with Gasteiger partial charge >= 0.3 is 13.2 Å². The first kappa shape index (κ1) is 69.4. The van der Waals surface area contributed by atoms with Gasteiger partial charge in [0.2, 0.25) is 0 Å². The number of ether oxygens (including phenoxy) is 1. The molecular formula is C71H106BBr2N3O4. The van der Waals surface area contributed by atoms with E-state index in [-0.39, 0.29) is 11.2 Å². The average Bonchev–Trinajstić information content (AvgIpc) is 3.77. The van der Waals surface area contributed by atoms with E-state index in [4.69, 9.17) is 25.5 Å². The number of rotatable bonds is 24. The van der Waals surface area contributed by atoms with Gasteiger partial charge in [0.05, 0.1) is 11.2 Å². The molecule has 0 bridgehead atoms. The number of nitrogen functional groups attached to an aromatic ring is 2. The molecule has 7 nitrogen and oxygen atoms in total. The number of unbranched alkanes of at least 4 members (excludes halogenated alkanes) is 12. The molecule has 0 spiro atoms. The number of nitrogens with two attached hydrogens (primary N) is 2. The van der Waals surface area contributed by atoms with Crippen molar-refractivity contribution in [1.29, 1.82) is 0 Å². The fourth-order valence-electron chi connectivity index (χ4n) is 10.5. The smallest absolute Gasteiger partial charge is 0.444 e. The first-order chi connectivity index (χ1) is 38.2. The molecule has 1 saturated heterocycles. The van der Waals surface area contributed by atoms with E-state index in [1.54, 1.807) is 0 Å². The molecule has 1 heterocycles. The molecule has 1 amide bonds. The molecule has 0 atom stereocenters. The highest BCUT2D eigenvalue weighted by Gasteiger charge is 2.52. The van der Waals surface area contributed by atoms with Gasteiger partial charge in [-0.25, -0.2) is 4.79 Å². The number of hydrogen-bond donors (Lipinski definition) is 3. The maximum Gasteiger partial charge on any atom is 0.495 e. The predicted octanol–water partition coefficient (Wildman–Crippen LogP) is 21.1. The number of halogens is 2. The third-order valence-electron chi connectivity index (χ3n) is 16.3. The molecule has 6 rings (SSSR count). The summed E-state index contributed by atoms with van der Waals surface area (Å²) in [5, 5.41) is 2.82. The Morgan fingerprint density at radius 3 is 1.21 bits per heavy atom. The largest absolute Gasteiger partial charge is 0.495 e. The molecular weight excluding hydrogens is 1130 g/mol. The normalized spacial score (nSPS) is 13.6. The van der Waals surface area contributed by atoms with Crippen LogP contribution in [0.25, 0.3) is 22.3 Å². The monoisotopic (exact) mass is 1230 g/mol. The van der Waals surface area contributed by atoms with Crippen LogP contribution in [-0.4, -0.2) is 30.0 Å². The first-order valence-corrected chi connectivity index (χ1v) is 32.6. The minimum absolute atomic E-state index is 0.383. The lowest BCUT2D eigenvalue weighted by Gasteiger charge is -2.32. The molecule has 1 fully saturated rings. The van der Waals surface area contributed by atoms with Crippen molar-refractivity contribution < 1.29 is 18.8 Å². The van der Waals surface area contributed by atoms with E-state index in [1.165, 1.54) is 180 Å².